The lowest BCUT2D eigenvalue weighted by Crippen LogP contribution is -2.54. The molecule has 0 bridgehead atoms. The molecule has 4 rings (SSSR count). The van der Waals surface area contributed by atoms with Crippen LogP contribution < -0.4 is 4.90 Å². The van der Waals surface area contributed by atoms with Crippen LogP contribution in [0.3, 0.4) is 0 Å². The molecule has 0 aliphatic carbocycles. The summed E-state index contributed by atoms with van der Waals surface area (Å²) in [5.41, 5.74) is 2.94. The van der Waals surface area contributed by atoms with Crippen molar-refractivity contribution in [3.8, 4) is 5.82 Å². The van der Waals surface area contributed by atoms with Crippen LogP contribution in [-0.4, -0.2) is 66.9 Å². The maximum Gasteiger partial charge on any atom is 0.259 e. The number of hydrogen-bond donors (Lipinski definition) is 1. The highest BCUT2D eigenvalue weighted by molar-refractivity contribution is 5.97. The summed E-state index contributed by atoms with van der Waals surface area (Å²) < 4.78 is 1.41. The lowest BCUT2D eigenvalue weighted by molar-refractivity contribution is 0.0674. The SMILES string of the molecule is Cc1ccccc1N1CCN(C(=O)c2cn[nH]c2-n2cnnn2)[C@@H](C)C1. The molecule has 0 radical (unpaired) electrons. The molecule has 0 spiro atoms. The molecule has 9 nitrogen and oxygen atoms in total. The molecule has 1 fully saturated rings. The standard InChI is InChI=1S/C17H20N8O/c1-12-5-3-4-6-15(12)23-7-8-24(13(2)10-23)17(26)14-9-18-20-16(14)25-11-19-21-22-25/h3-6,9,11,13H,7-8,10H2,1-2H3,(H,18,20)/t13-/m0/s1. The maximum absolute atomic E-state index is 13.1. The molecule has 26 heavy (non-hydrogen) atoms. The summed E-state index contributed by atoms with van der Waals surface area (Å²) >= 11 is 0. The number of carbonyl (C=O) groups is 1. The fourth-order valence-electron chi connectivity index (χ4n) is 3.43. The van der Waals surface area contributed by atoms with Crippen LogP contribution in [0.4, 0.5) is 5.69 Å². The Bertz CT molecular complexity index is 903. The quantitative estimate of drug-likeness (QED) is 0.757. The molecular formula is C17H20N8O. The van der Waals surface area contributed by atoms with E-state index in [9.17, 15) is 4.79 Å². The van der Waals surface area contributed by atoms with Gasteiger partial charge in [-0.2, -0.15) is 9.78 Å². The molecule has 1 atom stereocenters. The number of para-hydroxylation sites is 1. The van der Waals surface area contributed by atoms with Crippen LogP contribution >= 0.6 is 0 Å². The minimum absolute atomic E-state index is 0.0683. The first-order valence-corrected chi connectivity index (χ1v) is 8.53. The van der Waals surface area contributed by atoms with Crippen LogP contribution in [0.5, 0.6) is 0 Å². The van der Waals surface area contributed by atoms with E-state index in [1.54, 1.807) is 0 Å². The number of carbonyl (C=O) groups excluding carboxylic acids is 1. The van der Waals surface area contributed by atoms with Gasteiger partial charge in [-0.3, -0.25) is 9.89 Å². The molecule has 2 aromatic heterocycles. The first-order chi connectivity index (χ1) is 12.6. The molecular weight excluding hydrogens is 332 g/mol. The third kappa shape index (κ3) is 2.81. The average Bonchev–Trinajstić information content (AvgIpc) is 3.32. The smallest absolute Gasteiger partial charge is 0.259 e. The van der Waals surface area contributed by atoms with Gasteiger partial charge in [0.1, 0.15) is 11.9 Å². The fraction of sp³-hybridized carbons (Fsp3) is 0.353. The molecule has 1 aliphatic heterocycles. The number of hydrogen-bond acceptors (Lipinski definition) is 6. The number of anilines is 1. The van der Waals surface area contributed by atoms with Gasteiger partial charge in [0.15, 0.2) is 5.82 Å². The molecule has 0 unspecified atom stereocenters. The minimum atomic E-state index is -0.0683. The van der Waals surface area contributed by atoms with Crippen LogP contribution in [-0.2, 0) is 0 Å². The van der Waals surface area contributed by atoms with Gasteiger partial charge in [-0.05, 0) is 35.9 Å². The first-order valence-electron chi connectivity index (χ1n) is 8.53. The predicted molar refractivity (Wildman–Crippen MR) is 95.2 cm³/mol. The predicted octanol–water partition coefficient (Wildman–Crippen LogP) is 1.04. The summed E-state index contributed by atoms with van der Waals surface area (Å²) in [5, 5.41) is 17.8. The van der Waals surface area contributed by atoms with Gasteiger partial charge < -0.3 is 9.80 Å². The summed E-state index contributed by atoms with van der Waals surface area (Å²) in [7, 11) is 0. The second kappa shape index (κ2) is 6.58. The lowest BCUT2D eigenvalue weighted by Gasteiger charge is -2.41. The first kappa shape index (κ1) is 16.2. The largest absolute Gasteiger partial charge is 0.367 e. The normalized spacial score (nSPS) is 17.5. The summed E-state index contributed by atoms with van der Waals surface area (Å²) in [6, 6.07) is 8.41. The van der Waals surface area contributed by atoms with Crippen LogP contribution in [0.2, 0.25) is 0 Å². The van der Waals surface area contributed by atoms with E-state index in [1.165, 1.54) is 28.5 Å². The van der Waals surface area contributed by atoms with E-state index in [4.69, 9.17) is 0 Å². The van der Waals surface area contributed by atoms with E-state index in [-0.39, 0.29) is 11.9 Å². The minimum Gasteiger partial charge on any atom is -0.367 e. The Morgan fingerprint density at radius 1 is 1.27 bits per heavy atom. The van der Waals surface area contributed by atoms with Crippen LogP contribution in [0, 0.1) is 6.92 Å². The van der Waals surface area contributed by atoms with Crippen molar-refractivity contribution < 1.29 is 4.79 Å². The van der Waals surface area contributed by atoms with Gasteiger partial charge in [0.05, 0.1) is 6.20 Å². The number of aryl methyl sites for hydroxylation is 1. The van der Waals surface area contributed by atoms with Gasteiger partial charge >= 0.3 is 0 Å². The number of tetrazole rings is 1. The van der Waals surface area contributed by atoms with E-state index in [0.29, 0.717) is 17.9 Å². The zero-order chi connectivity index (χ0) is 18.1. The molecule has 0 saturated carbocycles. The van der Waals surface area contributed by atoms with Crippen LogP contribution in [0.25, 0.3) is 5.82 Å². The number of benzene rings is 1. The summed E-state index contributed by atoms with van der Waals surface area (Å²) in [6.45, 7) is 6.41. The number of aromatic nitrogens is 6. The molecule has 1 saturated heterocycles. The molecule has 3 aromatic rings. The van der Waals surface area contributed by atoms with E-state index in [0.717, 1.165) is 13.1 Å². The van der Waals surface area contributed by atoms with Gasteiger partial charge in [0.2, 0.25) is 0 Å². The summed E-state index contributed by atoms with van der Waals surface area (Å²) in [6.07, 6.45) is 2.96. The Hall–Kier alpha value is -3.23. The summed E-state index contributed by atoms with van der Waals surface area (Å²) in [5.74, 6) is 0.412. The molecule has 134 valence electrons. The summed E-state index contributed by atoms with van der Waals surface area (Å²) in [4.78, 5) is 17.3. The number of piperazine rings is 1. The lowest BCUT2D eigenvalue weighted by atomic mass is 10.1. The number of amides is 1. The van der Waals surface area contributed by atoms with Gasteiger partial charge in [-0.1, -0.05) is 18.2 Å². The topological polar surface area (TPSA) is 95.8 Å². The monoisotopic (exact) mass is 352 g/mol. The van der Waals surface area contributed by atoms with Crippen molar-refractivity contribution >= 4 is 11.6 Å². The highest BCUT2D eigenvalue weighted by atomic mass is 16.2. The Balaban J connectivity index is 1.53. The second-order valence-electron chi connectivity index (χ2n) is 6.47. The third-order valence-corrected chi connectivity index (χ3v) is 4.77. The van der Waals surface area contributed by atoms with Crippen molar-refractivity contribution in [2.75, 3.05) is 24.5 Å². The molecule has 1 amide bonds. The van der Waals surface area contributed by atoms with Crippen molar-refractivity contribution in [2.45, 2.75) is 19.9 Å². The van der Waals surface area contributed by atoms with Gasteiger partial charge in [0, 0.05) is 31.4 Å². The number of aromatic amines is 1. The van der Waals surface area contributed by atoms with Crippen LogP contribution in [0.15, 0.2) is 36.8 Å². The maximum atomic E-state index is 13.1. The highest BCUT2D eigenvalue weighted by Gasteiger charge is 2.31. The van der Waals surface area contributed by atoms with Crippen molar-refractivity contribution in [3.63, 3.8) is 0 Å². The van der Waals surface area contributed by atoms with E-state index in [1.807, 2.05) is 11.0 Å². The van der Waals surface area contributed by atoms with Crippen molar-refractivity contribution in [1.82, 2.24) is 35.3 Å². The van der Waals surface area contributed by atoms with Crippen molar-refractivity contribution in [3.05, 3.63) is 47.9 Å². The van der Waals surface area contributed by atoms with Crippen LogP contribution in [0.1, 0.15) is 22.8 Å². The zero-order valence-electron chi connectivity index (χ0n) is 14.7. The zero-order valence-corrected chi connectivity index (χ0v) is 14.7. The Kier molecular flexibility index (Phi) is 4.11. The molecule has 9 heteroatoms. The third-order valence-electron chi connectivity index (χ3n) is 4.77. The molecule has 3 heterocycles. The van der Waals surface area contributed by atoms with E-state index < -0.39 is 0 Å². The molecule has 1 aromatic carbocycles. The van der Waals surface area contributed by atoms with Crippen molar-refractivity contribution in [1.29, 1.82) is 0 Å². The molecule has 1 N–H and O–H groups in total. The number of rotatable bonds is 3. The van der Waals surface area contributed by atoms with E-state index >= 15 is 0 Å². The second-order valence-corrected chi connectivity index (χ2v) is 6.47. The number of H-pyrrole nitrogens is 1. The fourth-order valence-corrected chi connectivity index (χ4v) is 3.43. The van der Waals surface area contributed by atoms with Crippen molar-refractivity contribution in [2.24, 2.45) is 0 Å². The Morgan fingerprint density at radius 3 is 2.85 bits per heavy atom. The van der Waals surface area contributed by atoms with Gasteiger partial charge in [0.25, 0.3) is 5.91 Å². The highest BCUT2D eigenvalue weighted by Crippen LogP contribution is 2.24. The van der Waals surface area contributed by atoms with E-state index in [2.05, 4.69) is 62.7 Å². The van der Waals surface area contributed by atoms with Gasteiger partial charge in [-0.15, -0.1) is 5.10 Å². The average molecular weight is 352 g/mol. The number of nitrogens with one attached hydrogen (secondary N) is 1. The Labute approximate surface area is 150 Å². The molecule has 1 aliphatic rings. The van der Waals surface area contributed by atoms with Gasteiger partial charge in [-0.25, -0.2) is 0 Å². The Morgan fingerprint density at radius 2 is 2.12 bits per heavy atom. The number of nitrogens with zero attached hydrogens (tertiary/aromatic N) is 7.